The van der Waals surface area contributed by atoms with Gasteiger partial charge in [0.25, 0.3) is 0 Å². The second-order valence-electron chi connectivity index (χ2n) is 7.23. The standard InChI is InChI=1S/C23H21BrCl2F4N2OS/c1-2-31-22(34)32-9-3-4-20(33)15-7-5-13(10-17(15)24)6-8-16(23(28,29)30)14-11-18(25)21(27)19(26)12-14/h5-8,10-12,16H,2-4,9H2,1H3,(H2,31,32,34)/b8-6+. The summed E-state index contributed by atoms with van der Waals surface area (Å²) in [4.78, 5) is 12.5. The van der Waals surface area contributed by atoms with Gasteiger partial charge in [-0.25, -0.2) is 4.39 Å². The zero-order valence-corrected chi connectivity index (χ0v) is 21.8. The Morgan fingerprint density at radius 1 is 1.18 bits per heavy atom. The molecule has 0 spiro atoms. The average molecular weight is 600 g/mol. The molecule has 1 unspecified atom stereocenters. The van der Waals surface area contributed by atoms with Gasteiger partial charge in [-0.05, 0) is 61.0 Å². The van der Waals surface area contributed by atoms with Crippen molar-refractivity contribution >= 4 is 68.3 Å². The Kier molecular flexibility index (Phi) is 10.8. The quantitative estimate of drug-likeness (QED) is 0.102. The zero-order valence-electron chi connectivity index (χ0n) is 17.9. The first-order chi connectivity index (χ1) is 15.9. The van der Waals surface area contributed by atoms with Crippen LogP contribution in [0.5, 0.6) is 0 Å². The molecule has 0 saturated carbocycles. The van der Waals surface area contributed by atoms with E-state index in [1.807, 2.05) is 6.92 Å². The van der Waals surface area contributed by atoms with Crippen LogP contribution in [0.4, 0.5) is 17.6 Å². The fraction of sp³-hybridized carbons (Fsp3) is 0.304. The molecular formula is C23H21BrCl2F4N2OS. The lowest BCUT2D eigenvalue weighted by molar-refractivity contribution is -0.139. The van der Waals surface area contributed by atoms with Crippen LogP contribution < -0.4 is 10.6 Å². The summed E-state index contributed by atoms with van der Waals surface area (Å²) in [6, 6.07) is 6.47. The number of ketones is 1. The Hall–Kier alpha value is -1.68. The molecule has 3 nitrogen and oxygen atoms in total. The van der Waals surface area contributed by atoms with Gasteiger partial charge in [-0.1, -0.05) is 57.4 Å². The van der Waals surface area contributed by atoms with Crippen molar-refractivity contribution in [1.82, 2.24) is 10.6 Å². The molecule has 0 radical (unpaired) electrons. The van der Waals surface area contributed by atoms with Crippen LogP contribution in [0.25, 0.3) is 6.08 Å². The van der Waals surface area contributed by atoms with Gasteiger partial charge in [0.2, 0.25) is 0 Å². The van der Waals surface area contributed by atoms with Crippen molar-refractivity contribution in [2.75, 3.05) is 13.1 Å². The third-order valence-corrected chi connectivity index (χ3v) is 6.19. The summed E-state index contributed by atoms with van der Waals surface area (Å²) in [6.45, 7) is 3.16. The molecule has 0 fully saturated rings. The molecule has 0 aliphatic carbocycles. The number of rotatable bonds is 9. The number of allylic oxidation sites excluding steroid dienone is 1. The molecule has 2 aromatic rings. The molecule has 184 valence electrons. The molecule has 0 aromatic heterocycles. The summed E-state index contributed by atoms with van der Waals surface area (Å²) >= 11 is 19.7. The predicted molar refractivity (Wildman–Crippen MR) is 136 cm³/mol. The molecule has 1 atom stereocenters. The normalized spacial score (nSPS) is 12.6. The lowest BCUT2D eigenvalue weighted by Crippen LogP contribution is -2.35. The Bertz CT molecular complexity index is 1060. The van der Waals surface area contributed by atoms with E-state index in [0.717, 1.165) is 18.2 Å². The summed E-state index contributed by atoms with van der Waals surface area (Å²) in [5, 5.41) is 5.48. The van der Waals surface area contributed by atoms with E-state index in [-0.39, 0.29) is 17.8 Å². The van der Waals surface area contributed by atoms with E-state index in [9.17, 15) is 22.4 Å². The van der Waals surface area contributed by atoms with E-state index < -0.39 is 28.0 Å². The number of hydrogen-bond donors (Lipinski definition) is 2. The highest BCUT2D eigenvalue weighted by Crippen LogP contribution is 2.39. The average Bonchev–Trinajstić information content (AvgIpc) is 2.74. The van der Waals surface area contributed by atoms with Crippen molar-refractivity contribution in [3.63, 3.8) is 0 Å². The van der Waals surface area contributed by atoms with Crippen LogP contribution in [0.1, 0.15) is 47.2 Å². The Morgan fingerprint density at radius 3 is 2.38 bits per heavy atom. The molecule has 2 N–H and O–H groups in total. The zero-order chi connectivity index (χ0) is 25.5. The third-order valence-electron chi connectivity index (χ3n) is 4.70. The van der Waals surface area contributed by atoms with Crippen LogP contribution in [-0.2, 0) is 0 Å². The fourth-order valence-electron chi connectivity index (χ4n) is 3.04. The molecule has 2 rings (SSSR count). The number of thiocarbonyl (C=S) groups is 1. The number of carbonyl (C=O) groups excluding carboxylic acids is 1. The van der Waals surface area contributed by atoms with E-state index >= 15 is 0 Å². The largest absolute Gasteiger partial charge is 0.399 e. The summed E-state index contributed by atoms with van der Waals surface area (Å²) in [5.74, 6) is -3.14. The SMILES string of the molecule is CCNC(=S)NCCCC(=O)c1ccc(/C=C/C(c2cc(Cl)c(F)c(Cl)c2)C(F)(F)F)cc1Br. The summed E-state index contributed by atoms with van der Waals surface area (Å²) in [6.07, 6.45) is -1.61. The lowest BCUT2D eigenvalue weighted by atomic mass is 9.96. The van der Waals surface area contributed by atoms with Crippen LogP contribution >= 0.6 is 51.3 Å². The molecule has 2 aromatic carbocycles. The van der Waals surface area contributed by atoms with Gasteiger partial charge in [-0.2, -0.15) is 13.2 Å². The van der Waals surface area contributed by atoms with Gasteiger partial charge in [0.15, 0.2) is 16.7 Å². The van der Waals surface area contributed by atoms with Crippen LogP contribution in [-0.4, -0.2) is 30.2 Å². The van der Waals surface area contributed by atoms with Crippen molar-refractivity contribution in [3.05, 3.63) is 73.4 Å². The lowest BCUT2D eigenvalue weighted by Gasteiger charge is -2.18. The smallest absolute Gasteiger partial charge is 0.363 e. The second kappa shape index (κ2) is 12.9. The highest BCUT2D eigenvalue weighted by Gasteiger charge is 2.39. The maximum absolute atomic E-state index is 13.7. The minimum atomic E-state index is -4.66. The molecule has 34 heavy (non-hydrogen) atoms. The minimum Gasteiger partial charge on any atom is -0.363 e. The van der Waals surface area contributed by atoms with E-state index in [0.29, 0.717) is 40.2 Å². The summed E-state index contributed by atoms with van der Waals surface area (Å²) in [7, 11) is 0. The minimum absolute atomic E-state index is 0.109. The van der Waals surface area contributed by atoms with Gasteiger partial charge in [-0.15, -0.1) is 0 Å². The summed E-state index contributed by atoms with van der Waals surface area (Å²) < 4.78 is 55.1. The molecule has 0 bridgehead atoms. The fourth-order valence-corrected chi connectivity index (χ4v) is 4.41. The van der Waals surface area contributed by atoms with Crippen LogP contribution in [0.15, 0.2) is 40.9 Å². The first-order valence-electron chi connectivity index (χ1n) is 10.2. The predicted octanol–water partition coefficient (Wildman–Crippen LogP) is 7.70. The molecule has 0 aliphatic rings. The highest BCUT2D eigenvalue weighted by molar-refractivity contribution is 9.10. The molecule has 0 heterocycles. The van der Waals surface area contributed by atoms with Crippen molar-refractivity contribution in [2.24, 2.45) is 0 Å². The van der Waals surface area contributed by atoms with Gasteiger partial charge in [0.05, 0.1) is 16.0 Å². The van der Waals surface area contributed by atoms with E-state index in [2.05, 4.69) is 26.6 Å². The second-order valence-corrected chi connectivity index (χ2v) is 9.31. The Balaban J connectivity index is 2.12. The number of hydrogen-bond acceptors (Lipinski definition) is 2. The monoisotopic (exact) mass is 598 g/mol. The molecule has 11 heteroatoms. The number of benzene rings is 2. The molecule has 0 amide bonds. The van der Waals surface area contributed by atoms with Gasteiger partial charge in [0, 0.05) is 29.5 Å². The van der Waals surface area contributed by atoms with Crippen molar-refractivity contribution < 1.29 is 22.4 Å². The van der Waals surface area contributed by atoms with Crippen molar-refractivity contribution in [2.45, 2.75) is 31.9 Å². The van der Waals surface area contributed by atoms with E-state index in [4.69, 9.17) is 35.4 Å². The number of alkyl halides is 3. The number of Topliss-reactive ketones (excluding diaryl/α,β-unsaturated/α-hetero) is 1. The van der Waals surface area contributed by atoms with Gasteiger partial charge in [-0.3, -0.25) is 4.79 Å². The Labute approximate surface area is 219 Å². The topological polar surface area (TPSA) is 41.1 Å². The third kappa shape index (κ3) is 8.22. The Morgan fingerprint density at radius 2 is 1.82 bits per heavy atom. The van der Waals surface area contributed by atoms with Crippen LogP contribution in [0, 0.1) is 5.82 Å². The number of carbonyl (C=O) groups is 1. The van der Waals surface area contributed by atoms with Crippen LogP contribution in [0.3, 0.4) is 0 Å². The van der Waals surface area contributed by atoms with Gasteiger partial charge >= 0.3 is 6.18 Å². The molecule has 0 aliphatic heterocycles. The first-order valence-corrected chi connectivity index (χ1v) is 12.1. The molecular weight excluding hydrogens is 579 g/mol. The van der Waals surface area contributed by atoms with E-state index in [1.165, 1.54) is 6.08 Å². The van der Waals surface area contributed by atoms with Crippen molar-refractivity contribution in [3.8, 4) is 0 Å². The first kappa shape index (κ1) is 28.6. The van der Waals surface area contributed by atoms with Crippen molar-refractivity contribution in [1.29, 1.82) is 0 Å². The van der Waals surface area contributed by atoms with Gasteiger partial charge in [0.1, 0.15) is 0 Å². The maximum Gasteiger partial charge on any atom is 0.399 e. The van der Waals surface area contributed by atoms with E-state index in [1.54, 1.807) is 18.2 Å². The number of nitrogens with one attached hydrogen (secondary N) is 2. The number of halogens is 7. The molecule has 0 saturated heterocycles. The maximum atomic E-state index is 13.7. The summed E-state index contributed by atoms with van der Waals surface area (Å²) in [5.41, 5.74) is 0.582. The van der Waals surface area contributed by atoms with Gasteiger partial charge < -0.3 is 10.6 Å². The highest BCUT2D eigenvalue weighted by atomic mass is 79.9. The van der Waals surface area contributed by atoms with Crippen LogP contribution in [0.2, 0.25) is 10.0 Å².